The first-order valence-electron chi connectivity index (χ1n) is 5.54. The van der Waals surface area contributed by atoms with Crippen molar-refractivity contribution in [3.63, 3.8) is 0 Å². The Bertz CT molecular complexity index is 565. The summed E-state index contributed by atoms with van der Waals surface area (Å²) >= 11 is 5.74. The maximum atomic E-state index is 12.0. The summed E-state index contributed by atoms with van der Waals surface area (Å²) in [5.41, 5.74) is 0.464. The number of nitrogens with zero attached hydrogens (tertiary/aromatic N) is 3. The van der Waals surface area contributed by atoms with Gasteiger partial charge in [0.15, 0.2) is 0 Å². The number of carbonyl (C=O) groups is 1. The van der Waals surface area contributed by atoms with Gasteiger partial charge in [-0.15, -0.1) is 0 Å². The van der Waals surface area contributed by atoms with Crippen LogP contribution >= 0.6 is 11.6 Å². The fourth-order valence-electron chi connectivity index (χ4n) is 1.56. The molecule has 0 aliphatic rings. The molecule has 0 saturated carbocycles. The van der Waals surface area contributed by atoms with Crippen LogP contribution in [0.4, 0.5) is 5.82 Å². The van der Waals surface area contributed by atoms with Crippen LogP contribution in [0.2, 0.25) is 5.15 Å². The third-order valence-corrected chi connectivity index (χ3v) is 2.60. The summed E-state index contributed by atoms with van der Waals surface area (Å²) in [6.07, 6.45) is 3.14. The second-order valence-electron chi connectivity index (χ2n) is 4.08. The van der Waals surface area contributed by atoms with E-state index < -0.39 is 0 Å². The van der Waals surface area contributed by atoms with Crippen LogP contribution in [0.5, 0.6) is 0 Å². The number of halogens is 1. The quantitative estimate of drug-likeness (QED) is 0.867. The number of rotatable bonds is 3. The summed E-state index contributed by atoms with van der Waals surface area (Å²) in [6, 6.07) is 5.06. The molecular weight excluding hydrogens is 252 g/mol. The van der Waals surface area contributed by atoms with Crippen LogP contribution < -0.4 is 5.32 Å². The molecule has 0 bridgehead atoms. The predicted molar refractivity (Wildman–Crippen MR) is 69.8 cm³/mol. The Hall–Kier alpha value is -1.88. The van der Waals surface area contributed by atoms with Gasteiger partial charge < -0.3 is 5.32 Å². The molecule has 18 heavy (non-hydrogen) atoms. The Morgan fingerprint density at radius 1 is 1.39 bits per heavy atom. The van der Waals surface area contributed by atoms with Gasteiger partial charge in [-0.05, 0) is 26.0 Å². The number of aromatic nitrogens is 3. The molecule has 2 aromatic heterocycles. The standard InChI is InChI=1S/C12H13ClN4O/c1-8(2)17-11(4-6-15-17)16-12(18)9-3-5-14-10(13)7-9/h3-8H,1-2H3,(H,16,18). The van der Waals surface area contributed by atoms with Gasteiger partial charge in [-0.25, -0.2) is 9.67 Å². The Kier molecular flexibility index (Phi) is 3.62. The molecule has 0 aliphatic heterocycles. The zero-order valence-corrected chi connectivity index (χ0v) is 10.8. The SMILES string of the molecule is CC(C)n1nccc1NC(=O)c1ccnc(Cl)c1. The third kappa shape index (κ3) is 2.68. The second kappa shape index (κ2) is 5.18. The molecule has 0 fully saturated rings. The van der Waals surface area contributed by atoms with Crippen LogP contribution in [0, 0.1) is 0 Å². The van der Waals surface area contributed by atoms with Gasteiger partial charge >= 0.3 is 0 Å². The van der Waals surface area contributed by atoms with E-state index in [1.807, 2.05) is 13.8 Å². The smallest absolute Gasteiger partial charge is 0.256 e. The Balaban J connectivity index is 2.19. The van der Waals surface area contributed by atoms with E-state index >= 15 is 0 Å². The molecule has 0 aliphatic carbocycles. The average molecular weight is 265 g/mol. The normalized spacial score (nSPS) is 10.7. The van der Waals surface area contributed by atoms with Crippen LogP contribution in [0.1, 0.15) is 30.2 Å². The molecule has 0 unspecified atom stereocenters. The van der Waals surface area contributed by atoms with Crippen molar-refractivity contribution in [2.24, 2.45) is 0 Å². The van der Waals surface area contributed by atoms with Crippen LogP contribution in [0.3, 0.4) is 0 Å². The highest BCUT2D eigenvalue weighted by atomic mass is 35.5. The Morgan fingerprint density at radius 2 is 2.17 bits per heavy atom. The molecule has 1 N–H and O–H groups in total. The summed E-state index contributed by atoms with van der Waals surface area (Å²) in [5.74, 6) is 0.421. The van der Waals surface area contributed by atoms with Gasteiger partial charge in [0.2, 0.25) is 0 Å². The van der Waals surface area contributed by atoms with Crippen molar-refractivity contribution in [2.75, 3.05) is 5.32 Å². The Labute approximate surface area is 110 Å². The van der Waals surface area contributed by atoms with E-state index in [1.54, 1.807) is 23.0 Å². The molecule has 2 heterocycles. The Morgan fingerprint density at radius 3 is 2.83 bits per heavy atom. The molecule has 6 heteroatoms. The highest BCUT2D eigenvalue weighted by molar-refractivity contribution is 6.29. The van der Waals surface area contributed by atoms with E-state index in [-0.39, 0.29) is 11.9 Å². The van der Waals surface area contributed by atoms with E-state index in [1.165, 1.54) is 12.3 Å². The van der Waals surface area contributed by atoms with Crippen molar-refractivity contribution in [1.29, 1.82) is 0 Å². The van der Waals surface area contributed by atoms with Crippen LogP contribution in [0.15, 0.2) is 30.6 Å². The number of nitrogens with one attached hydrogen (secondary N) is 1. The lowest BCUT2D eigenvalue weighted by atomic mass is 10.2. The lowest BCUT2D eigenvalue weighted by Crippen LogP contribution is -2.16. The maximum absolute atomic E-state index is 12.0. The molecule has 0 aromatic carbocycles. The first-order valence-corrected chi connectivity index (χ1v) is 5.92. The van der Waals surface area contributed by atoms with Crippen molar-refractivity contribution in [3.05, 3.63) is 41.3 Å². The largest absolute Gasteiger partial charge is 0.307 e. The summed E-state index contributed by atoms with van der Waals surface area (Å²) in [6.45, 7) is 3.98. The fourth-order valence-corrected chi connectivity index (χ4v) is 1.73. The van der Waals surface area contributed by atoms with Gasteiger partial charge in [-0.1, -0.05) is 11.6 Å². The minimum Gasteiger partial charge on any atom is -0.307 e. The van der Waals surface area contributed by atoms with Gasteiger partial charge in [0.25, 0.3) is 5.91 Å². The molecule has 0 atom stereocenters. The molecule has 0 radical (unpaired) electrons. The first-order chi connectivity index (χ1) is 8.58. The zero-order chi connectivity index (χ0) is 13.1. The van der Waals surface area contributed by atoms with E-state index in [2.05, 4.69) is 15.4 Å². The maximum Gasteiger partial charge on any atom is 0.256 e. The van der Waals surface area contributed by atoms with Crippen LogP contribution in [-0.2, 0) is 0 Å². The van der Waals surface area contributed by atoms with Crippen molar-refractivity contribution < 1.29 is 4.79 Å². The van der Waals surface area contributed by atoms with Gasteiger partial charge in [-0.2, -0.15) is 5.10 Å². The number of carbonyl (C=O) groups excluding carboxylic acids is 1. The highest BCUT2D eigenvalue weighted by Gasteiger charge is 2.11. The number of pyridine rings is 1. The van der Waals surface area contributed by atoms with E-state index in [4.69, 9.17) is 11.6 Å². The number of hydrogen-bond acceptors (Lipinski definition) is 3. The van der Waals surface area contributed by atoms with Gasteiger partial charge in [0.1, 0.15) is 11.0 Å². The van der Waals surface area contributed by atoms with Crippen molar-refractivity contribution in [3.8, 4) is 0 Å². The van der Waals surface area contributed by atoms with E-state index in [9.17, 15) is 4.79 Å². The lowest BCUT2D eigenvalue weighted by Gasteiger charge is -2.11. The molecule has 2 rings (SSSR count). The van der Waals surface area contributed by atoms with Crippen molar-refractivity contribution in [1.82, 2.24) is 14.8 Å². The number of anilines is 1. The fraction of sp³-hybridized carbons (Fsp3) is 0.250. The lowest BCUT2D eigenvalue weighted by molar-refractivity contribution is 0.102. The van der Waals surface area contributed by atoms with E-state index in [0.29, 0.717) is 16.5 Å². The van der Waals surface area contributed by atoms with Gasteiger partial charge in [-0.3, -0.25) is 4.79 Å². The van der Waals surface area contributed by atoms with Crippen molar-refractivity contribution in [2.45, 2.75) is 19.9 Å². The summed E-state index contributed by atoms with van der Waals surface area (Å²) < 4.78 is 1.74. The molecule has 0 saturated heterocycles. The van der Waals surface area contributed by atoms with Crippen LogP contribution in [-0.4, -0.2) is 20.7 Å². The monoisotopic (exact) mass is 264 g/mol. The highest BCUT2D eigenvalue weighted by Crippen LogP contribution is 2.15. The summed E-state index contributed by atoms with van der Waals surface area (Å²) in [5, 5.41) is 7.23. The number of hydrogen-bond donors (Lipinski definition) is 1. The van der Waals surface area contributed by atoms with Crippen molar-refractivity contribution >= 4 is 23.3 Å². The molecule has 0 spiro atoms. The second-order valence-corrected chi connectivity index (χ2v) is 4.46. The third-order valence-electron chi connectivity index (χ3n) is 2.39. The molecule has 94 valence electrons. The molecule has 5 nitrogen and oxygen atoms in total. The summed E-state index contributed by atoms with van der Waals surface area (Å²) in [7, 11) is 0. The van der Waals surface area contributed by atoms with Gasteiger partial charge in [0, 0.05) is 23.9 Å². The molecular formula is C12H13ClN4O. The average Bonchev–Trinajstić information content (AvgIpc) is 2.77. The molecule has 2 aromatic rings. The topological polar surface area (TPSA) is 59.8 Å². The summed E-state index contributed by atoms with van der Waals surface area (Å²) in [4.78, 5) is 15.8. The van der Waals surface area contributed by atoms with Crippen LogP contribution in [0.25, 0.3) is 0 Å². The molecule has 1 amide bonds. The van der Waals surface area contributed by atoms with E-state index in [0.717, 1.165) is 0 Å². The zero-order valence-electron chi connectivity index (χ0n) is 10.1. The minimum atomic E-state index is -0.235. The predicted octanol–water partition coefficient (Wildman–Crippen LogP) is 2.76. The van der Waals surface area contributed by atoms with Gasteiger partial charge in [0.05, 0.1) is 6.20 Å². The minimum absolute atomic E-state index is 0.177. The number of amides is 1. The first kappa shape index (κ1) is 12.6.